The molecule has 0 aliphatic rings. The molecule has 0 bridgehead atoms. The van der Waals surface area contributed by atoms with Crippen molar-refractivity contribution in [1.82, 2.24) is 0 Å². The number of carbonyl (C=O) groups is 2. The van der Waals surface area contributed by atoms with E-state index in [0.717, 1.165) is 36.1 Å². The van der Waals surface area contributed by atoms with Gasteiger partial charge in [0.05, 0.1) is 0 Å². The van der Waals surface area contributed by atoms with Gasteiger partial charge >= 0.3 is 11.9 Å². The fourth-order valence-corrected chi connectivity index (χ4v) is 12.5. The SMILES string of the molecule is C=CC(=O)OCc1cccc(CC[Si](C)(C)O[Si](C)(C)CCc2cccc(COC(=O)C=C)c2)c1. The molecule has 7 heteroatoms. The van der Waals surface area contributed by atoms with Gasteiger partial charge in [0, 0.05) is 12.2 Å². The van der Waals surface area contributed by atoms with Gasteiger partial charge in [0.2, 0.25) is 0 Å². The van der Waals surface area contributed by atoms with Gasteiger partial charge in [0.15, 0.2) is 16.6 Å². The van der Waals surface area contributed by atoms with E-state index >= 15 is 0 Å². The Bertz CT molecular complexity index is 948. The predicted octanol–water partition coefficient (Wildman–Crippen LogP) is 6.36. The van der Waals surface area contributed by atoms with E-state index in [0.29, 0.717) is 0 Å². The smallest absolute Gasteiger partial charge is 0.330 e. The fourth-order valence-electron chi connectivity index (χ4n) is 3.92. The van der Waals surface area contributed by atoms with Crippen molar-refractivity contribution < 1.29 is 23.2 Å². The quantitative estimate of drug-likeness (QED) is 0.168. The van der Waals surface area contributed by atoms with Crippen molar-refractivity contribution in [1.29, 1.82) is 0 Å². The van der Waals surface area contributed by atoms with Gasteiger partial charge in [-0.15, -0.1) is 0 Å². The number of hydrogen-bond acceptors (Lipinski definition) is 5. The molecule has 188 valence electrons. The number of hydrogen-bond donors (Lipinski definition) is 0. The van der Waals surface area contributed by atoms with Gasteiger partial charge < -0.3 is 13.6 Å². The molecule has 35 heavy (non-hydrogen) atoms. The highest BCUT2D eigenvalue weighted by Gasteiger charge is 2.32. The lowest BCUT2D eigenvalue weighted by Crippen LogP contribution is -2.44. The second-order valence-electron chi connectivity index (χ2n) is 9.89. The van der Waals surface area contributed by atoms with Crippen LogP contribution in [0.4, 0.5) is 0 Å². The van der Waals surface area contributed by atoms with Crippen LogP contribution in [0.3, 0.4) is 0 Å². The molecule has 0 aliphatic carbocycles. The normalized spacial score (nSPS) is 11.5. The monoisotopic (exact) mass is 510 g/mol. The Morgan fingerprint density at radius 2 is 1.09 bits per heavy atom. The summed E-state index contributed by atoms with van der Waals surface area (Å²) in [6.45, 7) is 16.6. The van der Waals surface area contributed by atoms with E-state index in [9.17, 15) is 9.59 Å². The Morgan fingerprint density at radius 1 is 0.714 bits per heavy atom. The second-order valence-corrected chi connectivity index (χ2v) is 18.7. The number of aryl methyl sites for hydroxylation is 2. The molecule has 0 spiro atoms. The molecule has 0 saturated carbocycles. The van der Waals surface area contributed by atoms with Gasteiger partial charge in [0.25, 0.3) is 0 Å². The number of rotatable bonds is 14. The summed E-state index contributed by atoms with van der Waals surface area (Å²) in [6.07, 6.45) is 4.24. The molecule has 5 nitrogen and oxygen atoms in total. The first-order chi connectivity index (χ1) is 16.5. The van der Waals surface area contributed by atoms with Crippen molar-refractivity contribution >= 4 is 28.6 Å². The first-order valence-electron chi connectivity index (χ1n) is 12.0. The molecule has 0 fully saturated rings. The number of ether oxygens (including phenoxy) is 2. The maximum absolute atomic E-state index is 11.3. The van der Waals surface area contributed by atoms with Gasteiger partial charge in [0.1, 0.15) is 13.2 Å². The molecule has 0 amide bonds. The average Bonchev–Trinajstić information content (AvgIpc) is 2.83. The van der Waals surface area contributed by atoms with Crippen LogP contribution in [0.2, 0.25) is 38.3 Å². The molecule has 0 heterocycles. The van der Waals surface area contributed by atoms with Crippen LogP contribution in [0.15, 0.2) is 73.8 Å². The summed E-state index contributed by atoms with van der Waals surface area (Å²) in [7, 11) is -3.73. The highest BCUT2D eigenvalue weighted by atomic mass is 28.4. The van der Waals surface area contributed by atoms with Crippen LogP contribution in [0, 0.1) is 0 Å². The number of carbonyl (C=O) groups excluding carboxylic acids is 2. The average molecular weight is 511 g/mol. The van der Waals surface area contributed by atoms with Gasteiger partial charge in [-0.05, 0) is 73.4 Å². The van der Waals surface area contributed by atoms with E-state index in [-0.39, 0.29) is 13.2 Å². The lowest BCUT2D eigenvalue weighted by atomic mass is 10.1. The molecule has 0 radical (unpaired) electrons. The van der Waals surface area contributed by atoms with E-state index in [1.54, 1.807) is 0 Å². The Kier molecular flexibility index (Phi) is 10.9. The van der Waals surface area contributed by atoms with E-state index < -0.39 is 28.6 Å². The third kappa shape index (κ3) is 11.0. The summed E-state index contributed by atoms with van der Waals surface area (Å²) in [6, 6.07) is 18.4. The Balaban J connectivity index is 1.87. The molecule has 0 N–H and O–H groups in total. The van der Waals surface area contributed by atoms with Crippen LogP contribution >= 0.6 is 0 Å². The van der Waals surface area contributed by atoms with Gasteiger partial charge in [-0.1, -0.05) is 61.7 Å². The fraction of sp³-hybridized carbons (Fsp3) is 0.357. The Hall–Kier alpha value is -2.75. The zero-order chi connectivity index (χ0) is 25.9. The van der Waals surface area contributed by atoms with Crippen molar-refractivity contribution in [3.8, 4) is 0 Å². The molecule has 0 atom stereocenters. The van der Waals surface area contributed by atoms with Crippen LogP contribution < -0.4 is 0 Å². The van der Waals surface area contributed by atoms with Gasteiger partial charge in [-0.3, -0.25) is 0 Å². The highest BCUT2D eigenvalue weighted by Crippen LogP contribution is 2.25. The zero-order valence-corrected chi connectivity index (χ0v) is 23.5. The minimum Gasteiger partial charge on any atom is -0.458 e. The lowest BCUT2D eigenvalue weighted by Gasteiger charge is -2.34. The second kappa shape index (κ2) is 13.4. The van der Waals surface area contributed by atoms with Crippen LogP contribution in [-0.4, -0.2) is 28.6 Å². The summed E-state index contributed by atoms with van der Waals surface area (Å²) in [4.78, 5) is 22.6. The minimum atomic E-state index is -1.86. The van der Waals surface area contributed by atoms with E-state index in [2.05, 4.69) is 63.6 Å². The maximum Gasteiger partial charge on any atom is 0.330 e. The first kappa shape index (κ1) is 28.5. The van der Waals surface area contributed by atoms with E-state index in [4.69, 9.17) is 13.6 Å². The minimum absolute atomic E-state index is 0.258. The maximum atomic E-state index is 11.3. The topological polar surface area (TPSA) is 61.8 Å². The molecule has 0 saturated heterocycles. The molecular weight excluding hydrogens is 472 g/mol. The van der Waals surface area contributed by atoms with Gasteiger partial charge in [-0.2, -0.15) is 0 Å². The number of esters is 2. The summed E-state index contributed by atoms with van der Waals surface area (Å²) >= 11 is 0. The summed E-state index contributed by atoms with van der Waals surface area (Å²) in [5.74, 6) is -0.820. The largest absolute Gasteiger partial charge is 0.458 e. The summed E-state index contributed by atoms with van der Waals surface area (Å²) in [5, 5.41) is 0. The van der Waals surface area contributed by atoms with Crippen LogP contribution in [-0.2, 0) is 49.2 Å². The third-order valence-electron chi connectivity index (χ3n) is 5.66. The molecule has 2 rings (SSSR count). The highest BCUT2D eigenvalue weighted by molar-refractivity contribution is 6.84. The van der Waals surface area contributed by atoms with Crippen molar-refractivity contribution in [2.75, 3.05) is 0 Å². The molecular formula is C28H38O5Si2. The standard InChI is InChI=1S/C28H38O5Si2/c1-7-27(29)31-21-25-13-9-11-23(19-25)15-17-34(3,4)33-35(5,6)18-16-24-12-10-14-26(20-24)22-32-28(30)8-2/h7-14,19-20H,1-2,15-18,21-22H2,3-6H3. The van der Waals surface area contributed by atoms with Crippen LogP contribution in [0.25, 0.3) is 0 Å². The van der Waals surface area contributed by atoms with Crippen LogP contribution in [0.5, 0.6) is 0 Å². The van der Waals surface area contributed by atoms with Crippen molar-refractivity contribution in [3.05, 3.63) is 96.1 Å². The lowest BCUT2D eigenvalue weighted by molar-refractivity contribution is -0.139. The van der Waals surface area contributed by atoms with Crippen LogP contribution in [0.1, 0.15) is 22.3 Å². The van der Waals surface area contributed by atoms with Crippen molar-refractivity contribution in [2.24, 2.45) is 0 Å². The van der Waals surface area contributed by atoms with Gasteiger partial charge in [-0.25, -0.2) is 9.59 Å². The molecule has 0 aromatic heterocycles. The summed E-state index contributed by atoms with van der Waals surface area (Å²) in [5.41, 5.74) is 4.42. The Labute approximate surface area is 212 Å². The van der Waals surface area contributed by atoms with Crippen molar-refractivity contribution in [2.45, 2.75) is 64.3 Å². The summed E-state index contributed by atoms with van der Waals surface area (Å²) < 4.78 is 17.1. The van der Waals surface area contributed by atoms with Crippen molar-refractivity contribution in [3.63, 3.8) is 0 Å². The molecule has 2 aromatic rings. The third-order valence-corrected chi connectivity index (χ3v) is 13.0. The molecule has 0 aliphatic heterocycles. The molecule has 2 aromatic carbocycles. The van der Waals surface area contributed by atoms with E-state index in [1.807, 2.05) is 24.3 Å². The zero-order valence-electron chi connectivity index (χ0n) is 21.5. The molecule has 0 unspecified atom stereocenters. The Morgan fingerprint density at radius 3 is 1.46 bits per heavy atom. The first-order valence-corrected chi connectivity index (χ1v) is 18.2. The number of benzene rings is 2. The van der Waals surface area contributed by atoms with E-state index in [1.165, 1.54) is 23.3 Å². The predicted molar refractivity (Wildman–Crippen MR) is 146 cm³/mol.